The quantitative estimate of drug-likeness (QED) is 0.0747. The number of carbonyl (C=O) groups is 1. The Kier molecular flexibility index (Phi) is 13.5. The van der Waals surface area contributed by atoms with E-state index in [0.29, 0.717) is 59.9 Å². The van der Waals surface area contributed by atoms with Crippen LogP contribution in [0, 0.1) is 5.82 Å². The summed E-state index contributed by atoms with van der Waals surface area (Å²) in [6, 6.07) is 14.9. The highest BCUT2D eigenvalue weighted by Gasteiger charge is 2.30. The molecule has 4 aromatic rings. The Balaban J connectivity index is 1.20. The van der Waals surface area contributed by atoms with Gasteiger partial charge in [-0.25, -0.2) is 9.37 Å². The number of primary amides is 1. The van der Waals surface area contributed by atoms with Gasteiger partial charge in [0.2, 0.25) is 11.8 Å². The maximum Gasteiger partial charge on any atom is 0.416 e. The number of nitrogens with one attached hydrogen (secondary N) is 1. The van der Waals surface area contributed by atoms with Crippen LogP contribution in [-0.4, -0.2) is 53.2 Å². The SMILES string of the molecule is CCCN(CCCCOc1cc(F)cc(CC[C@H](O)CNCc2cccc(C(F)(F)F)c2)c1)Cc1cc(C(N)=O)cc(-c2ncco2)c1. The van der Waals surface area contributed by atoms with Gasteiger partial charge in [-0.1, -0.05) is 25.1 Å². The predicted molar refractivity (Wildman–Crippen MR) is 175 cm³/mol. The second kappa shape index (κ2) is 17.8. The van der Waals surface area contributed by atoms with Crippen molar-refractivity contribution in [1.82, 2.24) is 15.2 Å². The summed E-state index contributed by atoms with van der Waals surface area (Å²) < 4.78 is 64.4. The molecule has 4 rings (SSSR count). The minimum Gasteiger partial charge on any atom is -0.493 e. The number of ether oxygens (including phenoxy) is 1. The summed E-state index contributed by atoms with van der Waals surface area (Å²) >= 11 is 0. The molecule has 0 spiro atoms. The Labute approximate surface area is 277 Å². The van der Waals surface area contributed by atoms with E-state index in [4.69, 9.17) is 14.9 Å². The number of carbonyl (C=O) groups excluding carboxylic acids is 1. The molecule has 0 aliphatic rings. The van der Waals surface area contributed by atoms with Crippen LogP contribution in [0.2, 0.25) is 0 Å². The first-order valence-electron chi connectivity index (χ1n) is 16.0. The Bertz CT molecular complexity index is 1600. The second-order valence-corrected chi connectivity index (χ2v) is 11.8. The number of halogens is 4. The van der Waals surface area contributed by atoms with Crippen LogP contribution in [0.15, 0.2) is 77.5 Å². The lowest BCUT2D eigenvalue weighted by atomic mass is 10.0. The maximum atomic E-state index is 14.3. The van der Waals surface area contributed by atoms with Crippen LogP contribution in [-0.2, 0) is 25.7 Å². The number of nitrogens with zero attached hydrogens (tertiary/aromatic N) is 2. The molecule has 8 nitrogen and oxygen atoms in total. The summed E-state index contributed by atoms with van der Waals surface area (Å²) in [4.78, 5) is 18.4. The van der Waals surface area contributed by atoms with E-state index in [9.17, 15) is 27.5 Å². The summed E-state index contributed by atoms with van der Waals surface area (Å²) in [5.74, 6) is -0.129. The number of benzene rings is 3. The van der Waals surface area contributed by atoms with Crippen molar-refractivity contribution >= 4 is 5.91 Å². The number of aliphatic hydroxyl groups excluding tert-OH is 1. The Morgan fingerprint density at radius 2 is 1.90 bits per heavy atom. The highest BCUT2D eigenvalue weighted by Crippen LogP contribution is 2.29. The van der Waals surface area contributed by atoms with Gasteiger partial charge in [-0.2, -0.15) is 13.2 Å². The Morgan fingerprint density at radius 1 is 1.06 bits per heavy atom. The molecule has 12 heteroatoms. The molecular weight excluding hydrogens is 628 g/mol. The molecule has 0 unspecified atom stereocenters. The predicted octanol–water partition coefficient (Wildman–Crippen LogP) is 6.75. The van der Waals surface area contributed by atoms with Crippen LogP contribution in [0.4, 0.5) is 17.6 Å². The number of rotatable bonds is 19. The molecule has 1 aromatic heterocycles. The fourth-order valence-electron chi connectivity index (χ4n) is 5.41. The zero-order chi connectivity index (χ0) is 34.5. The van der Waals surface area contributed by atoms with E-state index in [1.807, 2.05) is 6.07 Å². The van der Waals surface area contributed by atoms with Gasteiger partial charge < -0.3 is 25.3 Å². The van der Waals surface area contributed by atoms with Gasteiger partial charge in [0.1, 0.15) is 17.8 Å². The number of aromatic nitrogens is 1. The molecule has 258 valence electrons. The average molecular weight is 671 g/mol. The van der Waals surface area contributed by atoms with Gasteiger partial charge in [-0.3, -0.25) is 9.69 Å². The number of oxazole rings is 1. The number of aryl methyl sites for hydroxylation is 1. The van der Waals surface area contributed by atoms with Crippen molar-refractivity contribution in [2.24, 2.45) is 5.73 Å². The first kappa shape index (κ1) is 36.6. The summed E-state index contributed by atoms with van der Waals surface area (Å²) in [6.45, 7) is 5.13. The Morgan fingerprint density at radius 3 is 2.62 bits per heavy atom. The third kappa shape index (κ3) is 11.8. The standard InChI is InChI=1S/C36H42F4N4O4/c1-2-11-44(24-27-15-28(34(41)46)20-29(16-27)35-43-10-14-48-35)12-3-4-13-47-33-19-25(18-31(37)21-33)8-9-32(45)23-42-22-26-6-5-7-30(17-26)36(38,39)40/h5-7,10,14-21,32,42,45H,2-4,8-9,11-13,22-24H2,1H3,(H2,41,46)/t32-/m0/s1. The molecular formula is C36H42F4N4O4. The average Bonchev–Trinajstić information content (AvgIpc) is 3.59. The Hall–Kier alpha value is -4.26. The number of alkyl halides is 3. The van der Waals surface area contributed by atoms with Gasteiger partial charge in [0.25, 0.3) is 0 Å². The van der Waals surface area contributed by atoms with Gasteiger partial charge in [-0.05, 0) is 98.3 Å². The number of nitrogens with two attached hydrogens (primary N) is 1. The lowest BCUT2D eigenvalue weighted by Crippen LogP contribution is -2.27. The molecule has 0 saturated carbocycles. The van der Waals surface area contributed by atoms with Gasteiger partial charge in [-0.15, -0.1) is 0 Å². The molecule has 1 amide bonds. The highest BCUT2D eigenvalue weighted by atomic mass is 19.4. The molecule has 4 N–H and O–H groups in total. The summed E-state index contributed by atoms with van der Waals surface area (Å²) in [5.41, 5.74) is 8.00. The lowest BCUT2D eigenvalue weighted by Gasteiger charge is -2.22. The lowest BCUT2D eigenvalue weighted by molar-refractivity contribution is -0.137. The highest BCUT2D eigenvalue weighted by molar-refractivity contribution is 5.94. The molecule has 0 radical (unpaired) electrons. The molecule has 3 aromatic carbocycles. The van der Waals surface area contributed by atoms with Gasteiger partial charge in [0.15, 0.2) is 0 Å². The van der Waals surface area contributed by atoms with Crippen molar-refractivity contribution in [3.05, 3.63) is 107 Å². The number of hydrogen-bond donors (Lipinski definition) is 3. The van der Waals surface area contributed by atoms with Crippen LogP contribution >= 0.6 is 0 Å². The smallest absolute Gasteiger partial charge is 0.416 e. The van der Waals surface area contributed by atoms with Crippen molar-refractivity contribution in [1.29, 1.82) is 0 Å². The molecule has 0 aliphatic heterocycles. The molecule has 1 heterocycles. The number of unbranched alkanes of at least 4 members (excludes halogenated alkanes) is 1. The van der Waals surface area contributed by atoms with Crippen LogP contribution in [0.5, 0.6) is 5.75 Å². The van der Waals surface area contributed by atoms with Crippen molar-refractivity contribution in [2.75, 3.05) is 26.2 Å². The van der Waals surface area contributed by atoms with Crippen LogP contribution in [0.3, 0.4) is 0 Å². The summed E-state index contributed by atoms with van der Waals surface area (Å²) in [5, 5.41) is 13.4. The van der Waals surface area contributed by atoms with Crippen molar-refractivity contribution in [2.45, 2.75) is 64.4 Å². The van der Waals surface area contributed by atoms with Crippen LogP contribution in [0.25, 0.3) is 11.5 Å². The van der Waals surface area contributed by atoms with Gasteiger partial charge in [0.05, 0.1) is 24.5 Å². The number of amides is 1. The van der Waals surface area contributed by atoms with Crippen molar-refractivity contribution < 1.29 is 36.6 Å². The topological polar surface area (TPSA) is 114 Å². The monoisotopic (exact) mass is 670 g/mol. The summed E-state index contributed by atoms with van der Waals surface area (Å²) in [6.07, 6.45) is 1.12. The van der Waals surface area contributed by atoms with E-state index < -0.39 is 29.6 Å². The molecule has 0 saturated heterocycles. The van der Waals surface area contributed by atoms with Gasteiger partial charge in [0, 0.05) is 36.8 Å². The van der Waals surface area contributed by atoms with Crippen LogP contribution < -0.4 is 15.8 Å². The fraction of sp³-hybridized carbons (Fsp3) is 0.389. The minimum atomic E-state index is -4.41. The fourth-order valence-corrected chi connectivity index (χ4v) is 5.41. The molecule has 1 atom stereocenters. The molecule has 0 fully saturated rings. The molecule has 0 bridgehead atoms. The molecule has 48 heavy (non-hydrogen) atoms. The first-order chi connectivity index (χ1) is 23.0. The third-order valence-electron chi connectivity index (χ3n) is 7.70. The third-order valence-corrected chi connectivity index (χ3v) is 7.70. The van der Waals surface area contributed by atoms with E-state index in [1.54, 1.807) is 30.5 Å². The van der Waals surface area contributed by atoms with E-state index in [1.165, 1.54) is 24.5 Å². The van der Waals surface area contributed by atoms with Crippen LogP contribution in [0.1, 0.15) is 65.2 Å². The zero-order valence-corrected chi connectivity index (χ0v) is 26.9. The number of hydrogen-bond acceptors (Lipinski definition) is 7. The van der Waals surface area contributed by atoms with Crippen molar-refractivity contribution in [3.63, 3.8) is 0 Å². The van der Waals surface area contributed by atoms with Gasteiger partial charge >= 0.3 is 6.18 Å². The second-order valence-electron chi connectivity index (χ2n) is 11.8. The summed E-state index contributed by atoms with van der Waals surface area (Å²) in [7, 11) is 0. The normalized spacial score (nSPS) is 12.4. The van der Waals surface area contributed by atoms with E-state index in [-0.39, 0.29) is 13.1 Å². The zero-order valence-electron chi connectivity index (χ0n) is 26.9. The number of aliphatic hydroxyl groups is 1. The largest absolute Gasteiger partial charge is 0.493 e. The first-order valence-corrected chi connectivity index (χ1v) is 16.0. The van der Waals surface area contributed by atoms with Crippen molar-refractivity contribution in [3.8, 4) is 17.2 Å². The van der Waals surface area contributed by atoms with E-state index in [2.05, 4.69) is 22.1 Å². The minimum absolute atomic E-state index is 0.183. The van der Waals surface area contributed by atoms with E-state index in [0.717, 1.165) is 50.0 Å². The molecule has 0 aliphatic carbocycles. The van der Waals surface area contributed by atoms with E-state index >= 15 is 0 Å². The maximum absolute atomic E-state index is 14.3.